The van der Waals surface area contributed by atoms with Crippen LogP contribution in [-0.2, 0) is 19.6 Å². The number of benzene rings is 2. The molecule has 4 fully saturated rings. The molecule has 2 aromatic carbocycles. The normalized spacial score (nSPS) is 28.0. The molecule has 4 aliphatic rings. The third-order valence-electron chi connectivity index (χ3n) is 7.74. The molecule has 4 saturated carbocycles. The van der Waals surface area contributed by atoms with Gasteiger partial charge in [-0.2, -0.15) is 0 Å². The van der Waals surface area contributed by atoms with Gasteiger partial charge in [-0.3, -0.25) is 14.3 Å². The van der Waals surface area contributed by atoms with Gasteiger partial charge < -0.3 is 15.4 Å². The maximum Gasteiger partial charge on any atom is 0.265 e. The van der Waals surface area contributed by atoms with E-state index in [-0.39, 0.29) is 44.4 Å². The van der Waals surface area contributed by atoms with Crippen molar-refractivity contribution in [2.24, 2.45) is 17.3 Å². The predicted molar refractivity (Wildman–Crippen MR) is 143 cm³/mol. The molecule has 0 aliphatic heterocycles. The zero-order valence-electron chi connectivity index (χ0n) is 20.4. The van der Waals surface area contributed by atoms with Crippen molar-refractivity contribution in [1.82, 2.24) is 5.32 Å². The summed E-state index contributed by atoms with van der Waals surface area (Å²) in [7, 11) is -2.73. The van der Waals surface area contributed by atoms with Crippen LogP contribution in [0.15, 0.2) is 47.4 Å². The molecule has 37 heavy (non-hydrogen) atoms. The van der Waals surface area contributed by atoms with Gasteiger partial charge in [0, 0.05) is 10.6 Å². The number of nitrogens with one attached hydrogen (secondary N) is 3. The number of carbonyl (C=O) groups excluding carboxylic acids is 2. The molecule has 3 N–H and O–H groups in total. The molecule has 0 spiro atoms. The minimum absolute atomic E-state index is 0.0997. The van der Waals surface area contributed by atoms with E-state index in [2.05, 4.69) is 15.4 Å². The average molecular weight is 567 g/mol. The van der Waals surface area contributed by atoms with Crippen LogP contribution < -0.4 is 20.1 Å². The van der Waals surface area contributed by atoms with Crippen LogP contribution in [0, 0.1) is 17.3 Å². The first-order valence-electron chi connectivity index (χ1n) is 12.2. The third-order valence-corrected chi connectivity index (χ3v) is 9.89. The minimum atomic E-state index is -4.09. The lowest BCUT2D eigenvalue weighted by Gasteiger charge is -2.59. The van der Waals surface area contributed by atoms with Crippen LogP contribution in [0.3, 0.4) is 0 Å². The Kier molecular flexibility index (Phi) is 6.83. The number of carbonyl (C=O) groups is 2. The molecule has 2 amide bonds. The molecule has 6 rings (SSSR count). The number of halogens is 2. The van der Waals surface area contributed by atoms with Crippen LogP contribution in [0.2, 0.25) is 5.02 Å². The fourth-order valence-corrected chi connectivity index (χ4v) is 8.88. The quantitative estimate of drug-likeness (QED) is 0.398. The van der Waals surface area contributed by atoms with Crippen molar-refractivity contribution < 1.29 is 22.7 Å². The zero-order valence-corrected chi connectivity index (χ0v) is 22.7. The van der Waals surface area contributed by atoms with Crippen LogP contribution in [0.5, 0.6) is 5.75 Å². The van der Waals surface area contributed by atoms with Gasteiger partial charge in [-0.25, -0.2) is 8.42 Å². The number of ether oxygens (including phenoxy) is 1. The highest BCUT2D eigenvalue weighted by atomic mass is 35.5. The van der Waals surface area contributed by atoms with E-state index >= 15 is 0 Å². The molecule has 4 aliphatic carbocycles. The van der Waals surface area contributed by atoms with Crippen molar-refractivity contribution in [3.63, 3.8) is 0 Å². The van der Waals surface area contributed by atoms with Crippen LogP contribution in [0.4, 0.5) is 11.4 Å². The number of anilines is 2. The second kappa shape index (κ2) is 9.67. The molecule has 8 nitrogen and oxygen atoms in total. The first-order chi connectivity index (χ1) is 17.5. The van der Waals surface area contributed by atoms with Gasteiger partial charge in [0.25, 0.3) is 10.0 Å². The number of methoxy groups -OCH3 is 1. The summed E-state index contributed by atoms with van der Waals surface area (Å²) in [6, 6.07) is 10.7. The van der Waals surface area contributed by atoms with E-state index in [1.165, 1.54) is 31.4 Å². The third kappa shape index (κ3) is 5.26. The molecule has 0 saturated heterocycles. The Morgan fingerprint density at radius 1 is 1.08 bits per heavy atom. The first kappa shape index (κ1) is 26.1. The largest absolute Gasteiger partial charge is 0.495 e. The van der Waals surface area contributed by atoms with Crippen LogP contribution in [0.1, 0.15) is 38.5 Å². The van der Waals surface area contributed by atoms with Crippen molar-refractivity contribution in [2.45, 2.75) is 48.3 Å². The number of alkyl halides is 1. The predicted octanol–water partition coefficient (Wildman–Crippen LogP) is 4.78. The maximum atomic E-state index is 13.2. The Morgan fingerprint density at radius 2 is 1.78 bits per heavy atom. The van der Waals surface area contributed by atoms with E-state index in [9.17, 15) is 18.0 Å². The summed E-state index contributed by atoms with van der Waals surface area (Å²) >= 11 is 12.9. The van der Waals surface area contributed by atoms with E-state index in [0.717, 1.165) is 32.1 Å². The summed E-state index contributed by atoms with van der Waals surface area (Å²) in [4.78, 5) is 25.4. The lowest BCUT2D eigenvalue weighted by molar-refractivity contribution is -0.145. The standard InChI is InChI=1S/C26H29Cl2N3O5S/c1-36-21-7-6-18(9-22(21)37(34,35)31-20-5-3-2-4-19(20)27)30-23(32)14-29-24(33)25-10-16-8-17(11-25)13-26(28,12-16)15-25/h2-7,9,16-17,31H,8,10-15H2,1H3,(H,29,33)(H,30,32)/t16-,17+,25?,26?. The summed E-state index contributed by atoms with van der Waals surface area (Å²) < 4.78 is 33.9. The van der Waals surface area contributed by atoms with Crippen LogP contribution >= 0.6 is 23.2 Å². The van der Waals surface area contributed by atoms with E-state index in [4.69, 9.17) is 27.9 Å². The zero-order chi connectivity index (χ0) is 26.4. The monoisotopic (exact) mass is 565 g/mol. The van der Waals surface area contributed by atoms with Gasteiger partial charge in [0.2, 0.25) is 11.8 Å². The highest BCUT2D eigenvalue weighted by Crippen LogP contribution is 2.63. The smallest absolute Gasteiger partial charge is 0.265 e. The Hall–Kier alpha value is -2.49. The molecule has 2 unspecified atom stereocenters. The molecule has 2 aromatic rings. The topological polar surface area (TPSA) is 114 Å². The lowest BCUT2D eigenvalue weighted by Crippen LogP contribution is -2.58. The van der Waals surface area contributed by atoms with Gasteiger partial charge in [0.05, 0.1) is 29.8 Å². The minimum Gasteiger partial charge on any atom is -0.495 e. The molecule has 0 radical (unpaired) electrons. The van der Waals surface area contributed by atoms with Crippen LogP contribution in [-0.4, -0.2) is 38.8 Å². The van der Waals surface area contributed by atoms with E-state index < -0.39 is 21.3 Å². The van der Waals surface area contributed by atoms with Crippen molar-refractivity contribution in [3.05, 3.63) is 47.5 Å². The van der Waals surface area contributed by atoms with Crippen LogP contribution in [0.25, 0.3) is 0 Å². The van der Waals surface area contributed by atoms with Crippen molar-refractivity contribution in [1.29, 1.82) is 0 Å². The van der Waals surface area contributed by atoms with Crippen molar-refractivity contribution in [2.75, 3.05) is 23.7 Å². The highest BCUT2D eigenvalue weighted by molar-refractivity contribution is 7.92. The summed E-state index contributed by atoms with van der Waals surface area (Å²) in [6.45, 7) is -0.225. The number of sulfonamides is 1. The summed E-state index contributed by atoms with van der Waals surface area (Å²) in [6.07, 6.45) is 5.37. The van der Waals surface area contributed by atoms with Gasteiger partial charge in [-0.15, -0.1) is 11.6 Å². The van der Waals surface area contributed by atoms with E-state index in [0.29, 0.717) is 18.3 Å². The first-order valence-corrected chi connectivity index (χ1v) is 14.5. The fraction of sp³-hybridized carbons (Fsp3) is 0.462. The molecule has 0 heterocycles. The SMILES string of the molecule is COc1ccc(NC(=O)CNC(=O)C23C[C@@H]4C[C@@H](CC(Cl)(C4)C2)C3)cc1S(=O)(=O)Nc1ccccc1Cl. The second-order valence-corrected chi connectivity index (χ2v) is 13.4. The van der Waals surface area contributed by atoms with Gasteiger partial charge in [-0.1, -0.05) is 23.7 Å². The van der Waals surface area contributed by atoms with Crippen molar-refractivity contribution in [3.8, 4) is 5.75 Å². The average Bonchev–Trinajstić information content (AvgIpc) is 2.82. The maximum absolute atomic E-state index is 13.2. The molecular formula is C26H29Cl2N3O5S. The Labute approximate surface area is 226 Å². The lowest BCUT2D eigenvalue weighted by atomic mass is 9.49. The Balaban J connectivity index is 1.25. The molecule has 0 aromatic heterocycles. The Morgan fingerprint density at radius 3 is 2.43 bits per heavy atom. The summed E-state index contributed by atoms with van der Waals surface area (Å²) in [5, 5.41) is 5.71. The molecular weight excluding hydrogens is 537 g/mol. The van der Waals surface area contributed by atoms with Gasteiger partial charge in [0.1, 0.15) is 10.6 Å². The second-order valence-electron chi connectivity index (χ2n) is 10.6. The number of hydrogen-bond donors (Lipinski definition) is 3. The van der Waals surface area contributed by atoms with E-state index in [1.54, 1.807) is 18.2 Å². The number of hydrogen-bond acceptors (Lipinski definition) is 5. The highest BCUT2D eigenvalue weighted by Gasteiger charge is 2.60. The summed E-state index contributed by atoms with van der Waals surface area (Å²) in [5.41, 5.74) is -0.0430. The fourth-order valence-electron chi connectivity index (χ4n) is 6.68. The molecule has 4 bridgehead atoms. The number of rotatable bonds is 8. The number of para-hydroxylation sites is 1. The molecule has 4 atom stereocenters. The van der Waals surface area contributed by atoms with Gasteiger partial charge in [-0.05, 0) is 80.7 Å². The van der Waals surface area contributed by atoms with E-state index in [1.807, 2.05) is 0 Å². The number of amides is 2. The molecule has 198 valence electrons. The summed E-state index contributed by atoms with van der Waals surface area (Å²) in [5.74, 6) is 0.451. The van der Waals surface area contributed by atoms with Crippen molar-refractivity contribution >= 4 is 56.4 Å². The Bertz CT molecular complexity index is 1340. The molecule has 11 heteroatoms. The van der Waals surface area contributed by atoms with Gasteiger partial charge in [0.15, 0.2) is 0 Å². The van der Waals surface area contributed by atoms with Gasteiger partial charge >= 0.3 is 0 Å².